The van der Waals surface area contributed by atoms with Crippen LogP contribution in [0, 0.1) is 0 Å². The number of carbonyl (C=O) groups excluding carboxylic acids is 3. The van der Waals surface area contributed by atoms with Crippen molar-refractivity contribution in [1.82, 2.24) is 0 Å². The van der Waals surface area contributed by atoms with E-state index in [1.54, 1.807) is 0 Å². The molecule has 0 saturated carbocycles. The van der Waals surface area contributed by atoms with Gasteiger partial charge in [0.1, 0.15) is 13.2 Å². The first-order valence-electron chi connectivity index (χ1n) is 33.6. The Hall–Kier alpha value is -3.41. The van der Waals surface area contributed by atoms with Gasteiger partial charge in [0.25, 0.3) is 0 Å². The summed E-state index contributed by atoms with van der Waals surface area (Å²) in [6, 6.07) is 0. The lowest BCUT2D eigenvalue weighted by Gasteiger charge is -2.18. The standard InChI is InChI=1S/C72H126O6/c1-4-7-10-13-16-19-22-25-28-31-33-35-36-37-39-41-44-47-50-53-56-59-62-65-71(74)77-68-69(67-76-70(73)64-61-58-55-52-49-46-43-40-30-27-24-21-18-15-12-9-6-3)78-72(75)66-63-60-57-54-51-48-45-42-38-34-32-29-26-23-20-17-14-11-8-5-2/h9,12,18,21-22,25,27,30-31,33,43,46,52,55,69H,4-8,10-11,13-17,19-20,23-24,26,28-29,32,34-42,44-45,47-51,53-54,56-68H2,1-3H3/b12-9-,21-18-,25-22-,30-27-,33-31-,46-43-,55-52-. The Labute approximate surface area is 484 Å². The van der Waals surface area contributed by atoms with Crippen molar-refractivity contribution in [2.75, 3.05) is 13.2 Å². The monoisotopic (exact) mass is 1090 g/mol. The maximum absolute atomic E-state index is 12.9. The molecule has 1 unspecified atom stereocenters. The number of allylic oxidation sites excluding steroid dienone is 14. The predicted molar refractivity (Wildman–Crippen MR) is 339 cm³/mol. The number of carbonyl (C=O) groups is 3. The minimum absolute atomic E-state index is 0.0925. The van der Waals surface area contributed by atoms with Crippen LogP contribution in [-0.2, 0) is 28.6 Å². The lowest BCUT2D eigenvalue weighted by Crippen LogP contribution is -2.30. The molecule has 6 heteroatoms. The maximum Gasteiger partial charge on any atom is 0.306 e. The van der Waals surface area contributed by atoms with E-state index in [1.165, 1.54) is 205 Å². The van der Waals surface area contributed by atoms with Crippen molar-refractivity contribution >= 4 is 17.9 Å². The van der Waals surface area contributed by atoms with Crippen LogP contribution in [0.1, 0.15) is 335 Å². The van der Waals surface area contributed by atoms with E-state index in [2.05, 4.69) is 106 Å². The van der Waals surface area contributed by atoms with Crippen LogP contribution < -0.4 is 0 Å². The fourth-order valence-electron chi connectivity index (χ4n) is 9.63. The summed E-state index contributed by atoms with van der Waals surface area (Å²) >= 11 is 0. The van der Waals surface area contributed by atoms with Gasteiger partial charge in [-0.05, 0) is 89.9 Å². The molecule has 78 heavy (non-hydrogen) atoms. The molecule has 1 atom stereocenters. The zero-order valence-electron chi connectivity index (χ0n) is 51.7. The third kappa shape index (κ3) is 63.4. The summed E-state index contributed by atoms with van der Waals surface area (Å²) in [5.41, 5.74) is 0. The molecule has 0 amide bonds. The molecule has 0 fully saturated rings. The summed E-state index contributed by atoms with van der Waals surface area (Å²) in [5, 5.41) is 0. The Morgan fingerprint density at radius 2 is 0.513 bits per heavy atom. The summed E-state index contributed by atoms with van der Waals surface area (Å²) in [5.74, 6) is -0.938. The van der Waals surface area contributed by atoms with Crippen molar-refractivity contribution in [2.24, 2.45) is 0 Å². The van der Waals surface area contributed by atoms with Crippen molar-refractivity contribution in [3.05, 3.63) is 85.1 Å². The van der Waals surface area contributed by atoms with Gasteiger partial charge in [0.05, 0.1) is 0 Å². The average Bonchev–Trinajstić information content (AvgIpc) is 3.44. The molecule has 0 aromatic heterocycles. The fourth-order valence-corrected chi connectivity index (χ4v) is 9.63. The van der Waals surface area contributed by atoms with E-state index in [4.69, 9.17) is 14.2 Å². The molecule has 0 aliphatic heterocycles. The smallest absolute Gasteiger partial charge is 0.306 e. The molecule has 0 spiro atoms. The quantitative estimate of drug-likeness (QED) is 0.0261. The first-order valence-corrected chi connectivity index (χ1v) is 33.6. The molecule has 0 aromatic rings. The van der Waals surface area contributed by atoms with Gasteiger partial charge in [-0.15, -0.1) is 0 Å². The molecule has 0 aliphatic carbocycles. The molecule has 0 rings (SSSR count). The molecule has 0 bridgehead atoms. The Bertz CT molecular complexity index is 1480. The van der Waals surface area contributed by atoms with Gasteiger partial charge in [-0.1, -0.05) is 311 Å². The van der Waals surface area contributed by atoms with Crippen molar-refractivity contribution in [3.63, 3.8) is 0 Å². The highest BCUT2D eigenvalue weighted by atomic mass is 16.6. The Kier molecular flexibility index (Phi) is 63.2. The zero-order chi connectivity index (χ0) is 56.4. The van der Waals surface area contributed by atoms with Crippen molar-refractivity contribution < 1.29 is 28.6 Å². The topological polar surface area (TPSA) is 78.9 Å². The number of hydrogen-bond acceptors (Lipinski definition) is 6. The van der Waals surface area contributed by atoms with E-state index < -0.39 is 6.10 Å². The fraction of sp³-hybridized carbons (Fsp3) is 0.764. The Balaban J connectivity index is 4.40. The largest absolute Gasteiger partial charge is 0.462 e. The molecule has 6 nitrogen and oxygen atoms in total. The molecule has 0 heterocycles. The lowest BCUT2D eigenvalue weighted by molar-refractivity contribution is -0.167. The van der Waals surface area contributed by atoms with Crippen molar-refractivity contribution in [1.29, 1.82) is 0 Å². The normalized spacial score (nSPS) is 12.6. The van der Waals surface area contributed by atoms with Gasteiger partial charge in [0, 0.05) is 19.3 Å². The van der Waals surface area contributed by atoms with E-state index in [0.717, 1.165) is 83.5 Å². The third-order valence-electron chi connectivity index (χ3n) is 14.6. The summed E-state index contributed by atoms with van der Waals surface area (Å²) in [4.78, 5) is 38.4. The number of hydrogen-bond donors (Lipinski definition) is 0. The van der Waals surface area contributed by atoms with Crippen LogP contribution >= 0.6 is 0 Å². The molecular formula is C72H126O6. The van der Waals surface area contributed by atoms with E-state index in [-0.39, 0.29) is 37.5 Å². The van der Waals surface area contributed by atoms with Gasteiger partial charge in [0.15, 0.2) is 6.10 Å². The van der Waals surface area contributed by atoms with Gasteiger partial charge < -0.3 is 14.2 Å². The Morgan fingerprint density at radius 1 is 0.269 bits per heavy atom. The number of esters is 3. The van der Waals surface area contributed by atoms with Crippen LogP contribution in [0.2, 0.25) is 0 Å². The van der Waals surface area contributed by atoms with Gasteiger partial charge >= 0.3 is 17.9 Å². The second-order valence-electron chi connectivity index (χ2n) is 22.4. The molecule has 450 valence electrons. The van der Waals surface area contributed by atoms with Crippen molar-refractivity contribution in [3.8, 4) is 0 Å². The van der Waals surface area contributed by atoms with Crippen LogP contribution in [-0.4, -0.2) is 37.2 Å². The van der Waals surface area contributed by atoms with Crippen LogP contribution in [0.15, 0.2) is 85.1 Å². The number of rotatable bonds is 61. The summed E-state index contributed by atoms with van der Waals surface area (Å²) in [7, 11) is 0. The molecule has 0 aromatic carbocycles. The second kappa shape index (κ2) is 66.1. The molecule has 0 radical (unpaired) electrons. The number of unbranched alkanes of at least 4 members (excludes halogenated alkanes) is 36. The highest BCUT2D eigenvalue weighted by molar-refractivity contribution is 5.71. The maximum atomic E-state index is 12.9. The zero-order valence-corrected chi connectivity index (χ0v) is 51.7. The first kappa shape index (κ1) is 74.6. The average molecular weight is 1090 g/mol. The second-order valence-corrected chi connectivity index (χ2v) is 22.4. The lowest BCUT2D eigenvalue weighted by atomic mass is 10.0. The van der Waals surface area contributed by atoms with Crippen LogP contribution in [0.4, 0.5) is 0 Å². The van der Waals surface area contributed by atoms with Crippen LogP contribution in [0.5, 0.6) is 0 Å². The SMILES string of the molecule is CC/C=C\C/C=C\C/C=C\C/C=C\C/C=C\CCCC(=O)OCC(COC(=O)CCCCCCCCCCCCC/C=C\C/C=C\CCCCCCC)OC(=O)CCCCCCCCCCCCCCCCCCCCCC. The van der Waals surface area contributed by atoms with Gasteiger partial charge in [-0.3, -0.25) is 14.4 Å². The Morgan fingerprint density at radius 3 is 0.833 bits per heavy atom. The first-order chi connectivity index (χ1) is 38.5. The van der Waals surface area contributed by atoms with E-state index in [9.17, 15) is 14.4 Å². The van der Waals surface area contributed by atoms with Crippen LogP contribution in [0.3, 0.4) is 0 Å². The van der Waals surface area contributed by atoms with E-state index >= 15 is 0 Å². The molecule has 0 aliphatic rings. The third-order valence-corrected chi connectivity index (χ3v) is 14.6. The van der Waals surface area contributed by atoms with Crippen LogP contribution in [0.25, 0.3) is 0 Å². The highest BCUT2D eigenvalue weighted by Crippen LogP contribution is 2.17. The minimum Gasteiger partial charge on any atom is -0.462 e. The van der Waals surface area contributed by atoms with E-state index in [1.807, 2.05) is 0 Å². The van der Waals surface area contributed by atoms with Gasteiger partial charge in [-0.2, -0.15) is 0 Å². The molecule has 0 saturated heterocycles. The molecular weight excluding hydrogens is 961 g/mol. The van der Waals surface area contributed by atoms with E-state index in [0.29, 0.717) is 19.3 Å². The summed E-state index contributed by atoms with van der Waals surface area (Å²) in [6.07, 6.45) is 87.5. The molecule has 0 N–H and O–H groups in total. The highest BCUT2D eigenvalue weighted by Gasteiger charge is 2.19. The van der Waals surface area contributed by atoms with Crippen molar-refractivity contribution in [2.45, 2.75) is 341 Å². The number of ether oxygens (including phenoxy) is 3. The summed E-state index contributed by atoms with van der Waals surface area (Å²) < 4.78 is 16.9. The summed E-state index contributed by atoms with van der Waals surface area (Å²) in [6.45, 7) is 6.51. The van der Waals surface area contributed by atoms with Gasteiger partial charge in [0.2, 0.25) is 0 Å². The van der Waals surface area contributed by atoms with Gasteiger partial charge in [-0.25, -0.2) is 0 Å². The predicted octanol–water partition coefficient (Wildman–Crippen LogP) is 23.1. The minimum atomic E-state index is -0.801.